The number of hydrogen-bond donors (Lipinski definition) is 0. The molecular weight excluding hydrogens is 735 g/mol. The molecule has 0 aliphatic rings. The lowest BCUT2D eigenvalue weighted by molar-refractivity contribution is 1.28. The molecule has 0 saturated carbocycles. The molecule has 0 heterocycles. The summed E-state index contributed by atoms with van der Waals surface area (Å²) in [6.07, 6.45) is 0. The third kappa shape index (κ3) is 6.83. The van der Waals surface area contributed by atoms with Crippen LogP contribution in [-0.2, 0) is 0 Å². The van der Waals surface area contributed by atoms with Gasteiger partial charge >= 0.3 is 0 Å². The van der Waals surface area contributed by atoms with E-state index in [9.17, 15) is 0 Å². The summed E-state index contributed by atoms with van der Waals surface area (Å²) in [4.78, 5) is 2.34. The van der Waals surface area contributed by atoms with E-state index in [-0.39, 0.29) is 0 Å². The van der Waals surface area contributed by atoms with Gasteiger partial charge in [0.05, 0.1) is 0 Å². The Morgan fingerprint density at radius 3 is 1.38 bits per heavy atom. The van der Waals surface area contributed by atoms with E-state index in [4.69, 9.17) is 0 Å². The van der Waals surface area contributed by atoms with Gasteiger partial charge in [-0.2, -0.15) is 0 Å². The lowest BCUT2D eigenvalue weighted by Crippen LogP contribution is -2.09. The molecule has 1 nitrogen and oxygen atoms in total. The zero-order chi connectivity index (χ0) is 40.5. The van der Waals surface area contributed by atoms with Gasteiger partial charge in [-0.05, 0) is 143 Å². The Kier molecular flexibility index (Phi) is 9.26. The van der Waals surface area contributed by atoms with Crippen LogP contribution in [0.25, 0.3) is 88.0 Å². The molecule has 0 fully saturated rings. The standard InChI is InChI=1S/C60H41N/c1-4-15-42(16-5-1)47-20-14-21-48(39-47)43-29-34-52(35-30-43)61(51-22-8-3-9-23-51)53-36-31-46(32-37-53)54-38-33-49(40-58(54)44-17-6-2-7-18-44)59-41-50-28-27-45-19-10-11-24-55(45)60(50)57-26-13-12-25-56(57)59/h1-41H. The van der Waals surface area contributed by atoms with E-state index in [1.807, 2.05) is 0 Å². The van der Waals surface area contributed by atoms with Crippen molar-refractivity contribution in [2.75, 3.05) is 4.90 Å². The fourth-order valence-corrected chi connectivity index (χ4v) is 9.06. The van der Waals surface area contributed by atoms with E-state index in [1.165, 1.54) is 88.0 Å². The number of benzene rings is 11. The molecule has 1 heteroatoms. The summed E-state index contributed by atoms with van der Waals surface area (Å²) in [5, 5.41) is 7.66. The fourth-order valence-electron chi connectivity index (χ4n) is 9.06. The minimum atomic E-state index is 1.10. The van der Waals surface area contributed by atoms with Gasteiger partial charge in [0.2, 0.25) is 0 Å². The van der Waals surface area contributed by atoms with Gasteiger partial charge in [0, 0.05) is 17.1 Å². The van der Waals surface area contributed by atoms with Crippen LogP contribution in [0.1, 0.15) is 0 Å². The van der Waals surface area contributed by atoms with Crippen molar-refractivity contribution in [2.45, 2.75) is 0 Å². The summed E-state index contributed by atoms with van der Waals surface area (Å²) in [5.74, 6) is 0. The van der Waals surface area contributed by atoms with Crippen molar-refractivity contribution in [3.63, 3.8) is 0 Å². The summed E-state index contributed by atoms with van der Waals surface area (Å²) < 4.78 is 0. The molecule has 0 amide bonds. The third-order valence-electron chi connectivity index (χ3n) is 12.0. The number of para-hydroxylation sites is 1. The Balaban J connectivity index is 0.976. The van der Waals surface area contributed by atoms with Gasteiger partial charge in [0.25, 0.3) is 0 Å². The summed E-state index contributed by atoms with van der Waals surface area (Å²) >= 11 is 0. The van der Waals surface area contributed by atoms with Crippen LogP contribution in [-0.4, -0.2) is 0 Å². The molecule has 61 heavy (non-hydrogen) atoms. The Morgan fingerprint density at radius 1 is 0.213 bits per heavy atom. The molecule has 0 aliphatic carbocycles. The third-order valence-corrected chi connectivity index (χ3v) is 12.0. The predicted molar refractivity (Wildman–Crippen MR) is 261 cm³/mol. The first-order chi connectivity index (χ1) is 30.2. The average Bonchev–Trinajstić information content (AvgIpc) is 3.35. The monoisotopic (exact) mass is 775 g/mol. The highest BCUT2D eigenvalue weighted by Gasteiger charge is 2.17. The second-order valence-corrected chi connectivity index (χ2v) is 15.7. The first kappa shape index (κ1) is 36.1. The van der Waals surface area contributed by atoms with Crippen LogP contribution in [0, 0.1) is 0 Å². The Bertz CT molecular complexity index is 3320. The van der Waals surface area contributed by atoms with E-state index in [0.29, 0.717) is 0 Å². The Labute approximate surface area is 357 Å². The molecule has 0 unspecified atom stereocenters. The van der Waals surface area contributed by atoms with E-state index in [0.717, 1.165) is 17.1 Å². The van der Waals surface area contributed by atoms with Crippen LogP contribution in [0.4, 0.5) is 17.1 Å². The smallest absolute Gasteiger partial charge is 0.0462 e. The van der Waals surface area contributed by atoms with Crippen molar-refractivity contribution in [3.8, 4) is 55.6 Å². The predicted octanol–water partition coefficient (Wildman–Crippen LogP) is 17.0. The zero-order valence-electron chi connectivity index (χ0n) is 33.6. The Morgan fingerprint density at radius 2 is 0.689 bits per heavy atom. The van der Waals surface area contributed by atoms with Gasteiger partial charge in [-0.15, -0.1) is 0 Å². The van der Waals surface area contributed by atoms with E-state index in [2.05, 4.69) is 254 Å². The molecular formula is C60H41N. The molecule has 0 N–H and O–H groups in total. The van der Waals surface area contributed by atoms with Crippen LogP contribution >= 0.6 is 0 Å². The molecule has 286 valence electrons. The highest BCUT2D eigenvalue weighted by molar-refractivity contribution is 6.23. The Hall–Kier alpha value is -8.00. The summed E-state index contributed by atoms with van der Waals surface area (Å²) in [6, 6.07) is 90.3. The SMILES string of the molecule is c1ccc(-c2cccc(-c3ccc(N(c4ccccc4)c4ccc(-c5ccc(-c6cc7ccc8ccccc8c7c7ccccc67)cc5-c5ccccc5)cc4)cc3)c2)cc1. The van der Waals surface area contributed by atoms with Gasteiger partial charge in [-0.1, -0.05) is 194 Å². The molecule has 11 aromatic carbocycles. The molecule has 11 rings (SSSR count). The lowest BCUT2D eigenvalue weighted by atomic mass is 9.87. The number of nitrogens with zero attached hydrogens (tertiary/aromatic N) is 1. The van der Waals surface area contributed by atoms with Crippen molar-refractivity contribution >= 4 is 49.4 Å². The van der Waals surface area contributed by atoms with Crippen LogP contribution < -0.4 is 4.90 Å². The first-order valence-electron chi connectivity index (χ1n) is 21.0. The lowest BCUT2D eigenvalue weighted by Gasteiger charge is -2.26. The van der Waals surface area contributed by atoms with E-state index >= 15 is 0 Å². The fraction of sp³-hybridized carbons (Fsp3) is 0. The maximum Gasteiger partial charge on any atom is 0.0462 e. The van der Waals surface area contributed by atoms with Gasteiger partial charge in [0.1, 0.15) is 0 Å². The molecule has 0 radical (unpaired) electrons. The maximum atomic E-state index is 2.39. The number of anilines is 3. The molecule has 0 bridgehead atoms. The van der Waals surface area contributed by atoms with Crippen LogP contribution in [0.15, 0.2) is 249 Å². The van der Waals surface area contributed by atoms with Crippen molar-refractivity contribution in [3.05, 3.63) is 249 Å². The van der Waals surface area contributed by atoms with Gasteiger partial charge in [-0.25, -0.2) is 0 Å². The topological polar surface area (TPSA) is 3.24 Å². The first-order valence-corrected chi connectivity index (χ1v) is 21.0. The van der Waals surface area contributed by atoms with Crippen molar-refractivity contribution in [1.82, 2.24) is 0 Å². The average molecular weight is 776 g/mol. The summed E-state index contributed by atoms with van der Waals surface area (Å²) in [7, 11) is 0. The highest BCUT2D eigenvalue weighted by Crippen LogP contribution is 2.43. The van der Waals surface area contributed by atoms with Crippen molar-refractivity contribution in [2.24, 2.45) is 0 Å². The van der Waals surface area contributed by atoms with E-state index in [1.54, 1.807) is 0 Å². The van der Waals surface area contributed by atoms with Crippen molar-refractivity contribution in [1.29, 1.82) is 0 Å². The van der Waals surface area contributed by atoms with Crippen LogP contribution in [0.2, 0.25) is 0 Å². The normalized spacial score (nSPS) is 11.3. The molecule has 0 saturated heterocycles. The molecule has 11 aromatic rings. The maximum absolute atomic E-state index is 2.39. The van der Waals surface area contributed by atoms with Gasteiger partial charge in [0.15, 0.2) is 0 Å². The number of hydrogen-bond acceptors (Lipinski definition) is 1. The zero-order valence-corrected chi connectivity index (χ0v) is 33.6. The minimum Gasteiger partial charge on any atom is -0.311 e. The van der Waals surface area contributed by atoms with Gasteiger partial charge < -0.3 is 4.90 Å². The summed E-state index contributed by atoms with van der Waals surface area (Å²) in [6.45, 7) is 0. The number of rotatable bonds is 8. The van der Waals surface area contributed by atoms with Crippen molar-refractivity contribution < 1.29 is 0 Å². The highest BCUT2D eigenvalue weighted by atomic mass is 15.1. The summed E-state index contributed by atoms with van der Waals surface area (Å²) in [5.41, 5.74) is 15.4. The van der Waals surface area contributed by atoms with Crippen LogP contribution in [0.5, 0.6) is 0 Å². The molecule has 0 aliphatic heterocycles. The minimum absolute atomic E-state index is 1.10. The van der Waals surface area contributed by atoms with Crippen LogP contribution in [0.3, 0.4) is 0 Å². The molecule has 0 atom stereocenters. The second kappa shape index (κ2) is 15.6. The molecule has 0 aromatic heterocycles. The largest absolute Gasteiger partial charge is 0.311 e. The van der Waals surface area contributed by atoms with Gasteiger partial charge in [-0.3, -0.25) is 0 Å². The number of fused-ring (bicyclic) bond motifs is 5. The second-order valence-electron chi connectivity index (χ2n) is 15.7. The van der Waals surface area contributed by atoms with E-state index < -0.39 is 0 Å². The quantitative estimate of drug-likeness (QED) is 0.139. The molecule has 0 spiro atoms.